The van der Waals surface area contributed by atoms with Gasteiger partial charge in [0.1, 0.15) is 11.7 Å². The Morgan fingerprint density at radius 1 is 1.42 bits per heavy atom. The van der Waals surface area contributed by atoms with Gasteiger partial charge in [0.25, 0.3) is 0 Å². The summed E-state index contributed by atoms with van der Waals surface area (Å²) in [6, 6.07) is 4.47. The summed E-state index contributed by atoms with van der Waals surface area (Å²) in [6.45, 7) is 1.03. The zero-order valence-electron chi connectivity index (χ0n) is 10.3. The maximum atomic E-state index is 12.1. The van der Waals surface area contributed by atoms with Crippen molar-refractivity contribution in [2.45, 2.75) is 25.4 Å². The second kappa shape index (κ2) is 4.22. The molecule has 1 aromatic carbocycles. The van der Waals surface area contributed by atoms with Crippen LogP contribution in [0.3, 0.4) is 0 Å². The third kappa shape index (κ3) is 2.14. The first-order valence-corrected chi connectivity index (χ1v) is 6.29. The van der Waals surface area contributed by atoms with Gasteiger partial charge >= 0.3 is 0 Å². The van der Waals surface area contributed by atoms with Crippen molar-refractivity contribution < 1.29 is 14.8 Å². The fourth-order valence-electron chi connectivity index (χ4n) is 2.65. The van der Waals surface area contributed by atoms with Crippen LogP contribution in [0.25, 0.3) is 0 Å². The van der Waals surface area contributed by atoms with E-state index >= 15 is 0 Å². The topological polar surface area (TPSA) is 83.7 Å². The molecule has 2 atom stereocenters. The molecule has 0 spiro atoms. The Labute approximate surface area is 109 Å². The lowest BCUT2D eigenvalue weighted by atomic mass is 9.99. The minimum absolute atomic E-state index is 0.129. The lowest BCUT2D eigenvalue weighted by Crippen LogP contribution is -2.37. The molecule has 1 fully saturated rings. The van der Waals surface area contributed by atoms with Crippen LogP contribution in [0.2, 0.25) is 0 Å². The minimum Gasteiger partial charge on any atom is -0.508 e. The van der Waals surface area contributed by atoms with E-state index < -0.39 is 12.0 Å². The molecule has 1 N–H and O–H groups in total. The predicted octanol–water partition coefficient (Wildman–Crippen LogP) is 0.942. The summed E-state index contributed by atoms with van der Waals surface area (Å²) in [6.07, 6.45) is 1.09. The minimum atomic E-state index is -0.696. The number of benzene rings is 1. The van der Waals surface area contributed by atoms with Gasteiger partial charge in [-0.2, -0.15) is 0 Å². The molecule has 1 aliphatic carbocycles. The van der Waals surface area contributed by atoms with Gasteiger partial charge in [-0.05, 0) is 29.7 Å². The van der Waals surface area contributed by atoms with Crippen LogP contribution < -0.4 is 0 Å². The Bertz CT molecular complexity index is 558. The quantitative estimate of drug-likeness (QED) is 0.635. The first-order valence-electron chi connectivity index (χ1n) is 6.29. The largest absolute Gasteiger partial charge is 0.508 e. The normalized spacial score (nSPS) is 24.7. The molecule has 1 amide bonds. The Kier molecular flexibility index (Phi) is 2.66. The highest BCUT2D eigenvalue weighted by Gasteiger charge is 2.54. The molecular formula is C13H14N2O4. The molecular weight excluding hydrogens is 248 g/mol. The SMILES string of the molecule is O=C([C@H]1C[C@H]1[N+](=O)[O-])N1CCc2ccc(O)cc2C1. The fourth-order valence-corrected chi connectivity index (χ4v) is 2.65. The Hall–Kier alpha value is -2.11. The lowest BCUT2D eigenvalue weighted by Gasteiger charge is -2.28. The second-order valence-electron chi connectivity index (χ2n) is 5.16. The standard InChI is InChI=1S/C13H14N2O4/c16-10-2-1-8-3-4-14(7-9(8)5-10)13(17)11-6-12(11)15(18)19/h1-2,5,11-12,16H,3-4,6-7H2/t11-,12+/m0/s1. The van der Waals surface area contributed by atoms with Crippen LogP contribution in [0.5, 0.6) is 5.75 Å². The summed E-state index contributed by atoms with van der Waals surface area (Å²) < 4.78 is 0. The maximum absolute atomic E-state index is 12.1. The van der Waals surface area contributed by atoms with Crippen molar-refractivity contribution in [1.82, 2.24) is 4.90 Å². The van der Waals surface area contributed by atoms with Gasteiger partial charge in [-0.15, -0.1) is 0 Å². The molecule has 6 nitrogen and oxygen atoms in total. The number of aromatic hydroxyl groups is 1. The smallest absolute Gasteiger partial charge is 0.233 e. The van der Waals surface area contributed by atoms with E-state index in [-0.39, 0.29) is 16.6 Å². The molecule has 3 rings (SSSR count). The molecule has 0 unspecified atom stereocenters. The van der Waals surface area contributed by atoms with Crippen LogP contribution in [-0.4, -0.2) is 33.4 Å². The summed E-state index contributed by atoms with van der Waals surface area (Å²) in [4.78, 5) is 24.0. The van der Waals surface area contributed by atoms with Crippen molar-refractivity contribution >= 4 is 5.91 Å². The summed E-state index contributed by atoms with van der Waals surface area (Å²) in [5.41, 5.74) is 2.06. The zero-order valence-corrected chi connectivity index (χ0v) is 10.3. The number of phenolic OH excluding ortho intramolecular Hbond substituents is 1. The van der Waals surface area contributed by atoms with Crippen molar-refractivity contribution in [3.63, 3.8) is 0 Å². The molecule has 0 bridgehead atoms. The number of rotatable bonds is 2. The van der Waals surface area contributed by atoms with Crippen LogP contribution in [0.1, 0.15) is 17.5 Å². The highest BCUT2D eigenvalue weighted by molar-refractivity contribution is 5.82. The van der Waals surface area contributed by atoms with Gasteiger partial charge in [0, 0.05) is 24.4 Å². The van der Waals surface area contributed by atoms with Crippen LogP contribution in [0.4, 0.5) is 0 Å². The van der Waals surface area contributed by atoms with Gasteiger partial charge in [0.15, 0.2) is 0 Å². The number of nitro groups is 1. The molecule has 19 heavy (non-hydrogen) atoms. The molecule has 1 saturated carbocycles. The summed E-state index contributed by atoms with van der Waals surface area (Å²) in [5.74, 6) is -0.396. The van der Waals surface area contributed by atoms with E-state index in [1.807, 2.05) is 6.07 Å². The predicted molar refractivity (Wildman–Crippen MR) is 66.1 cm³/mol. The molecule has 0 radical (unpaired) electrons. The average molecular weight is 262 g/mol. The van der Waals surface area contributed by atoms with E-state index in [0.717, 1.165) is 17.5 Å². The second-order valence-corrected chi connectivity index (χ2v) is 5.16. The van der Waals surface area contributed by atoms with Crippen LogP contribution in [-0.2, 0) is 17.8 Å². The number of phenols is 1. The number of hydrogen-bond acceptors (Lipinski definition) is 4. The maximum Gasteiger partial charge on any atom is 0.233 e. The first kappa shape index (κ1) is 12.0. The van der Waals surface area contributed by atoms with E-state index in [9.17, 15) is 20.0 Å². The summed E-state index contributed by atoms with van der Waals surface area (Å²) in [5, 5.41) is 20.1. The van der Waals surface area contributed by atoms with Gasteiger partial charge in [-0.25, -0.2) is 0 Å². The van der Waals surface area contributed by atoms with Gasteiger partial charge < -0.3 is 10.0 Å². The fraction of sp³-hybridized carbons (Fsp3) is 0.462. The van der Waals surface area contributed by atoms with Crippen molar-refractivity contribution in [3.05, 3.63) is 39.4 Å². The van der Waals surface area contributed by atoms with Crippen LogP contribution >= 0.6 is 0 Å². The molecule has 1 aliphatic heterocycles. The number of carbonyl (C=O) groups excluding carboxylic acids is 1. The Morgan fingerprint density at radius 2 is 2.21 bits per heavy atom. The summed E-state index contributed by atoms with van der Waals surface area (Å²) >= 11 is 0. The van der Waals surface area contributed by atoms with Gasteiger partial charge in [-0.3, -0.25) is 14.9 Å². The third-order valence-corrected chi connectivity index (χ3v) is 3.86. The van der Waals surface area contributed by atoms with Gasteiger partial charge in [0.05, 0.1) is 0 Å². The molecule has 1 aromatic rings. The number of fused-ring (bicyclic) bond motifs is 1. The lowest BCUT2D eigenvalue weighted by molar-refractivity contribution is -0.497. The van der Waals surface area contributed by atoms with E-state index in [0.29, 0.717) is 19.5 Å². The molecule has 6 heteroatoms. The molecule has 2 aliphatic rings. The molecule has 0 aromatic heterocycles. The number of nitrogens with zero attached hydrogens (tertiary/aromatic N) is 2. The van der Waals surface area contributed by atoms with E-state index in [4.69, 9.17) is 0 Å². The Morgan fingerprint density at radius 3 is 2.89 bits per heavy atom. The molecule has 0 saturated heterocycles. The zero-order chi connectivity index (χ0) is 13.6. The summed E-state index contributed by atoms with van der Waals surface area (Å²) in [7, 11) is 0. The van der Waals surface area contributed by atoms with Crippen LogP contribution in [0, 0.1) is 16.0 Å². The number of amides is 1. The van der Waals surface area contributed by atoms with Crippen molar-refractivity contribution in [2.75, 3.05) is 6.54 Å². The van der Waals surface area contributed by atoms with Gasteiger partial charge in [-0.1, -0.05) is 6.07 Å². The van der Waals surface area contributed by atoms with E-state index in [1.54, 1.807) is 17.0 Å². The molecule has 1 heterocycles. The van der Waals surface area contributed by atoms with Gasteiger partial charge in [0.2, 0.25) is 11.9 Å². The third-order valence-electron chi connectivity index (χ3n) is 3.86. The number of hydrogen-bond donors (Lipinski definition) is 1. The van der Waals surface area contributed by atoms with Crippen LogP contribution in [0.15, 0.2) is 18.2 Å². The van der Waals surface area contributed by atoms with E-state index in [1.165, 1.54) is 0 Å². The highest BCUT2D eigenvalue weighted by atomic mass is 16.6. The monoisotopic (exact) mass is 262 g/mol. The van der Waals surface area contributed by atoms with Crippen molar-refractivity contribution in [3.8, 4) is 5.75 Å². The molecule has 100 valence electrons. The van der Waals surface area contributed by atoms with Crippen molar-refractivity contribution in [1.29, 1.82) is 0 Å². The van der Waals surface area contributed by atoms with E-state index in [2.05, 4.69) is 0 Å². The Balaban J connectivity index is 1.72. The van der Waals surface area contributed by atoms with Crippen molar-refractivity contribution in [2.24, 2.45) is 5.92 Å². The average Bonchev–Trinajstić information content (AvgIpc) is 3.17. The number of carbonyl (C=O) groups is 1. The highest BCUT2D eigenvalue weighted by Crippen LogP contribution is 2.36. The first-order chi connectivity index (χ1) is 9.06.